The molecular weight excluding hydrogens is 222 g/mol. The molecule has 2 N–H and O–H groups in total. The van der Waals surface area contributed by atoms with Crippen LogP contribution in [0.3, 0.4) is 0 Å². The molecule has 74 valence electrons. The molecule has 7 heteroatoms. The van der Waals surface area contributed by atoms with Gasteiger partial charge in [0.1, 0.15) is 10.4 Å². The number of nitrogens with one attached hydrogen (secondary N) is 1. The second kappa shape index (κ2) is 4.69. The largest absolute Gasteiger partial charge is 0.385 e. The lowest BCUT2D eigenvalue weighted by Gasteiger charge is -2.08. The number of aliphatic hydroxyl groups is 1. The summed E-state index contributed by atoms with van der Waals surface area (Å²) in [5.74, 6) is 0. The number of alkyl halides is 2. The molecule has 0 saturated carbocycles. The van der Waals surface area contributed by atoms with E-state index < -0.39 is 12.5 Å². The van der Waals surface area contributed by atoms with Gasteiger partial charge in [0.2, 0.25) is 0 Å². The normalized spacial score (nSPS) is 13.3. The molecule has 3 nitrogen and oxygen atoms in total. The van der Waals surface area contributed by atoms with Crippen LogP contribution >= 0.6 is 22.9 Å². The second-order valence-corrected chi connectivity index (χ2v) is 3.91. The zero-order valence-corrected chi connectivity index (χ0v) is 7.95. The van der Waals surface area contributed by atoms with Gasteiger partial charge in [-0.05, 0) is 0 Å². The first-order valence-corrected chi connectivity index (χ1v) is 4.60. The number of nitrogens with zero attached hydrogens (tertiary/aromatic N) is 1. The van der Waals surface area contributed by atoms with Gasteiger partial charge in [-0.3, -0.25) is 0 Å². The lowest BCUT2D eigenvalue weighted by Crippen LogP contribution is -2.26. The van der Waals surface area contributed by atoms with Crippen molar-refractivity contribution < 1.29 is 13.9 Å². The first-order chi connectivity index (χ1) is 6.09. The van der Waals surface area contributed by atoms with Gasteiger partial charge >= 0.3 is 0 Å². The Hall–Kier alpha value is -0.460. The van der Waals surface area contributed by atoms with Crippen molar-refractivity contribution in [3.63, 3.8) is 0 Å². The Morgan fingerprint density at radius 3 is 2.85 bits per heavy atom. The van der Waals surface area contributed by atoms with Gasteiger partial charge in [-0.2, -0.15) is 0 Å². The monoisotopic (exact) mass is 228 g/mol. The summed E-state index contributed by atoms with van der Waals surface area (Å²) in [4.78, 5) is 3.77. The SMILES string of the molecule is OC(CNc1ncc(Cl)s1)C(F)F. The third kappa shape index (κ3) is 3.41. The molecule has 1 atom stereocenters. The number of aromatic nitrogens is 1. The third-order valence-electron chi connectivity index (χ3n) is 1.23. The highest BCUT2D eigenvalue weighted by atomic mass is 35.5. The van der Waals surface area contributed by atoms with E-state index in [9.17, 15) is 8.78 Å². The highest BCUT2D eigenvalue weighted by Crippen LogP contribution is 2.22. The second-order valence-electron chi connectivity index (χ2n) is 2.25. The number of hydrogen-bond donors (Lipinski definition) is 2. The predicted octanol–water partition coefficient (Wildman–Crippen LogP) is 1.83. The average Bonchev–Trinajstić information content (AvgIpc) is 2.47. The predicted molar refractivity (Wildman–Crippen MR) is 47.6 cm³/mol. The number of aliphatic hydroxyl groups excluding tert-OH is 1. The van der Waals surface area contributed by atoms with Gasteiger partial charge in [-0.25, -0.2) is 13.8 Å². The lowest BCUT2D eigenvalue weighted by molar-refractivity contribution is 0.00384. The smallest absolute Gasteiger partial charge is 0.265 e. The van der Waals surface area contributed by atoms with Crippen LogP contribution < -0.4 is 5.32 Å². The van der Waals surface area contributed by atoms with Gasteiger partial charge in [0.25, 0.3) is 6.43 Å². The van der Waals surface area contributed by atoms with Crippen molar-refractivity contribution in [1.82, 2.24) is 4.98 Å². The molecule has 1 unspecified atom stereocenters. The third-order valence-corrected chi connectivity index (χ3v) is 2.30. The van der Waals surface area contributed by atoms with Crippen LogP contribution in [0, 0.1) is 0 Å². The Balaban J connectivity index is 2.35. The topological polar surface area (TPSA) is 45.1 Å². The maximum absolute atomic E-state index is 11.8. The van der Waals surface area contributed by atoms with Gasteiger partial charge < -0.3 is 10.4 Å². The molecule has 0 amide bonds. The Labute approximate surface area is 82.4 Å². The van der Waals surface area contributed by atoms with E-state index in [2.05, 4.69) is 10.3 Å². The van der Waals surface area contributed by atoms with Gasteiger partial charge in [-0.15, -0.1) is 0 Å². The molecule has 0 aromatic carbocycles. The lowest BCUT2D eigenvalue weighted by atomic mass is 10.4. The summed E-state index contributed by atoms with van der Waals surface area (Å²) >= 11 is 6.67. The number of halogens is 3. The van der Waals surface area contributed by atoms with Crippen molar-refractivity contribution in [2.24, 2.45) is 0 Å². The fourth-order valence-electron chi connectivity index (χ4n) is 0.617. The van der Waals surface area contributed by atoms with Crippen molar-refractivity contribution in [2.45, 2.75) is 12.5 Å². The van der Waals surface area contributed by atoms with Crippen LogP contribution in [-0.2, 0) is 0 Å². The average molecular weight is 229 g/mol. The molecule has 0 saturated heterocycles. The minimum Gasteiger partial charge on any atom is -0.385 e. The summed E-state index contributed by atoms with van der Waals surface area (Å²) in [6.07, 6.45) is -3.02. The van der Waals surface area contributed by atoms with Crippen LogP contribution in [0.1, 0.15) is 0 Å². The zero-order chi connectivity index (χ0) is 9.84. The summed E-state index contributed by atoms with van der Waals surface area (Å²) in [5.41, 5.74) is 0. The summed E-state index contributed by atoms with van der Waals surface area (Å²) in [7, 11) is 0. The maximum atomic E-state index is 11.8. The van der Waals surface area contributed by atoms with E-state index in [1.807, 2.05) is 0 Å². The standard InChI is InChI=1S/C6H7ClF2N2OS/c7-4-2-11-6(13-4)10-1-3(12)5(8)9/h2-3,5,12H,1H2,(H,10,11). The Bertz CT molecular complexity index is 271. The number of hydrogen-bond acceptors (Lipinski definition) is 4. The molecule has 1 heterocycles. The number of rotatable bonds is 4. The van der Waals surface area contributed by atoms with Crippen LogP contribution in [0.4, 0.5) is 13.9 Å². The Morgan fingerprint density at radius 2 is 2.38 bits per heavy atom. The van der Waals surface area contributed by atoms with Crippen LogP contribution in [0.5, 0.6) is 0 Å². The molecule has 0 spiro atoms. The Kier molecular flexibility index (Phi) is 3.83. The van der Waals surface area contributed by atoms with Crippen molar-refractivity contribution in [3.8, 4) is 0 Å². The molecule has 0 aliphatic heterocycles. The van der Waals surface area contributed by atoms with E-state index in [-0.39, 0.29) is 6.54 Å². The van der Waals surface area contributed by atoms with Gasteiger partial charge in [0.15, 0.2) is 5.13 Å². The molecular formula is C6H7ClF2N2OS. The van der Waals surface area contributed by atoms with Crippen molar-refractivity contribution >= 4 is 28.1 Å². The van der Waals surface area contributed by atoms with Crippen LogP contribution in [0.25, 0.3) is 0 Å². The van der Waals surface area contributed by atoms with Crippen LogP contribution in [-0.4, -0.2) is 29.2 Å². The number of thiazole rings is 1. The van der Waals surface area contributed by atoms with E-state index in [4.69, 9.17) is 16.7 Å². The van der Waals surface area contributed by atoms with Crippen molar-refractivity contribution in [3.05, 3.63) is 10.5 Å². The highest BCUT2D eigenvalue weighted by Gasteiger charge is 2.16. The molecule has 0 aliphatic rings. The van der Waals surface area contributed by atoms with Crippen molar-refractivity contribution in [2.75, 3.05) is 11.9 Å². The zero-order valence-electron chi connectivity index (χ0n) is 6.38. The molecule has 1 rings (SSSR count). The quantitative estimate of drug-likeness (QED) is 0.827. The first kappa shape index (κ1) is 10.6. The van der Waals surface area contributed by atoms with Gasteiger partial charge in [-0.1, -0.05) is 22.9 Å². The van der Waals surface area contributed by atoms with E-state index in [0.717, 1.165) is 11.3 Å². The molecule has 0 fully saturated rings. The van der Waals surface area contributed by atoms with E-state index >= 15 is 0 Å². The van der Waals surface area contributed by atoms with Gasteiger partial charge in [0, 0.05) is 6.54 Å². The fraction of sp³-hybridized carbons (Fsp3) is 0.500. The molecule has 1 aromatic rings. The van der Waals surface area contributed by atoms with Crippen LogP contribution in [0.15, 0.2) is 6.20 Å². The maximum Gasteiger partial charge on any atom is 0.265 e. The van der Waals surface area contributed by atoms with E-state index in [0.29, 0.717) is 9.47 Å². The summed E-state index contributed by atoms with van der Waals surface area (Å²) in [6, 6.07) is 0. The summed E-state index contributed by atoms with van der Waals surface area (Å²) < 4.78 is 24.1. The number of anilines is 1. The summed E-state index contributed by atoms with van der Waals surface area (Å²) in [5, 5.41) is 11.7. The highest BCUT2D eigenvalue weighted by molar-refractivity contribution is 7.19. The molecule has 13 heavy (non-hydrogen) atoms. The molecule has 0 aliphatic carbocycles. The Morgan fingerprint density at radius 1 is 1.69 bits per heavy atom. The van der Waals surface area contributed by atoms with E-state index in [1.165, 1.54) is 6.20 Å². The molecule has 1 aromatic heterocycles. The fourth-order valence-corrected chi connectivity index (χ4v) is 1.44. The first-order valence-electron chi connectivity index (χ1n) is 3.41. The molecule has 0 bridgehead atoms. The minimum absolute atomic E-state index is 0.235. The summed E-state index contributed by atoms with van der Waals surface area (Å²) in [6.45, 7) is -0.235. The van der Waals surface area contributed by atoms with E-state index in [1.54, 1.807) is 0 Å². The molecule has 0 radical (unpaired) electrons. The van der Waals surface area contributed by atoms with Crippen molar-refractivity contribution in [1.29, 1.82) is 0 Å². The van der Waals surface area contributed by atoms with Crippen LogP contribution in [0.2, 0.25) is 4.34 Å². The minimum atomic E-state index is -2.75. The van der Waals surface area contributed by atoms with Gasteiger partial charge in [0.05, 0.1) is 6.20 Å².